The van der Waals surface area contributed by atoms with Crippen LogP contribution in [-0.4, -0.2) is 42.6 Å². The highest BCUT2D eigenvalue weighted by Gasteiger charge is 2.24. The summed E-state index contributed by atoms with van der Waals surface area (Å²) in [7, 11) is 1.94. The van der Waals surface area contributed by atoms with Gasteiger partial charge in [-0.25, -0.2) is 0 Å². The van der Waals surface area contributed by atoms with Crippen molar-refractivity contribution in [2.75, 3.05) is 20.2 Å². The van der Waals surface area contributed by atoms with Crippen LogP contribution >= 0.6 is 0 Å². The normalized spacial score (nSPS) is 13.0. The number of hydrogen-bond acceptors (Lipinski definition) is 3. The topological polar surface area (TPSA) is 41.6 Å². The number of carbonyl (C=O) groups excluding carboxylic acids is 1. The Morgan fingerprint density at radius 3 is 2.52 bits per heavy atom. The molecule has 21 heavy (non-hydrogen) atoms. The molecule has 0 bridgehead atoms. The second-order valence-corrected chi connectivity index (χ2v) is 6.04. The van der Waals surface area contributed by atoms with Crippen LogP contribution in [0.4, 0.5) is 0 Å². The monoisotopic (exact) mass is 292 g/mol. The predicted molar refractivity (Wildman–Crippen MR) is 86.5 cm³/mol. The van der Waals surface area contributed by atoms with Gasteiger partial charge in [-0.05, 0) is 46.4 Å². The van der Waals surface area contributed by atoms with Gasteiger partial charge < -0.3 is 10.1 Å². The Bertz CT molecular complexity index is 432. The molecule has 0 spiro atoms. The molecule has 4 heteroatoms. The summed E-state index contributed by atoms with van der Waals surface area (Å²) in [6.07, 6.45) is 0.909. The summed E-state index contributed by atoms with van der Waals surface area (Å²) in [6.45, 7) is 9.34. The molecule has 4 nitrogen and oxygen atoms in total. The summed E-state index contributed by atoms with van der Waals surface area (Å²) in [4.78, 5) is 14.2. The highest BCUT2D eigenvalue weighted by atomic mass is 16.5. The molecule has 0 aromatic heterocycles. The number of rotatable bonds is 8. The zero-order valence-corrected chi connectivity index (χ0v) is 13.8. The van der Waals surface area contributed by atoms with Crippen molar-refractivity contribution in [2.24, 2.45) is 0 Å². The summed E-state index contributed by atoms with van der Waals surface area (Å²) < 4.78 is 5.66. The Morgan fingerprint density at radius 2 is 1.95 bits per heavy atom. The lowest BCUT2D eigenvalue weighted by molar-refractivity contribution is -0.127. The van der Waals surface area contributed by atoms with Crippen molar-refractivity contribution in [1.82, 2.24) is 10.2 Å². The van der Waals surface area contributed by atoms with Crippen molar-refractivity contribution in [3.63, 3.8) is 0 Å². The van der Waals surface area contributed by atoms with Crippen LogP contribution in [0.5, 0.6) is 5.75 Å². The third kappa shape index (κ3) is 6.17. The lowest BCUT2D eigenvalue weighted by Crippen LogP contribution is -2.51. The summed E-state index contributed by atoms with van der Waals surface area (Å²) in [5, 5.41) is 3.07. The van der Waals surface area contributed by atoms with Gasteiger partial charge in [0, 0.05) is 12.1 Å². The van der Waals surface area contributed by atoms with Crippen molar-refractivity contribution in [3.05, 3.63) is 30.3 Å². The number of carbonyl (C=O) groups is 1. The second kappa shape index (κ2) is 8.03. The van der Waals surface area contributed by atoms with Crippen molar-refractivity contribution in [2.45, 2.75) is 45.7 Å². The average Bonchev–Trinajstić information content (AvgIpc) is 2.47. The number of para-hydroxylation sites is 1. The molecular weight excluding hydrogens is 264 g/mol. The average molecular weight is 292 g/mol. The van der Waals surface area contributed by atoms with Crippen molar-refractivity contribution >= 4 is 5.91 Å². The number of hydrogen-bond donors (Lipinski definition) is 1. The Hall–Kier alpha value is -1.55. The Kier molecular flexibility index (Phi) is 6.69. The van der Waals surface area contributed by atoms with E-state index in [-0.39, 0.29) is 17.5 Å². The maximum Gasteiger partial charge on any atom is 0.237 e. The molecule has 1 unspecified atom stereocenters. The van der Waals surface area contributed by atoms with Gasteiger partial charge in [-0.15, -0.1) is 0 Å². The van der Waals surface area contributed by atoms with Gasteiger partial charge in [0.2, 0.25) is 5.91 Å². The molecule has 0 fully saturated rings. The quantitative estimate of drug-likeness (QED) is 0.801. The maximum atomic E-state index is 12.2. The zero-order valence-electron chi connectivity index (χ0n) is 13.8. The number of nitrogens with one attached hydrogen (secondary N) is 1. The molecule has 1 rings (SSSR count). The number of nitrogens with zero attached hydrogens (tertiary/aromatic N) is 1. The molecule has 1 amide bonds. The Balaban J connectivity index is 2.37. The molecule has 0 aliphatic rings. The number of benzene rings is 1. The van der Waals surface area contributed by atoms with Gasteiger partial charge in [-0.1, -0.05) is 25.1 Å². The van der Waals surface area contributed by atoms with Crippen LogP contribution in [-0.2, 0) is 4.79 Å². The van der Waals surface area contributed by atoms with E-state index in [9.17, 15) is 4.79 Å². The van der Waals surface area contributed by atoms with Crippen LogP contribution in [0.2, 0.25) is 0 Å². The van der Waals surface area contributed by atoms with Crippen LogP contribution in [0.15, 0.2) is 30.3 Å². The molecule has 0 aliphatic heterocycles. The second-order valence-electron chi connectivity index (χ2n) is 6.04. The standard InChI is InChI=1S/C17H28N2O2/c1-6-17(3,4)18-16(20)14(2)19(5)12-13-21-15-10-8-7-9-11-15/h7-11,14H,6,12-13H2,1-5H3,(H,18,20). The van der Waals surface area contributed by atoms with E-state index >= 15 is 0 Å². The Morgan fingerprint density at radius 1 is 1.33 bits per heavy atom. The van der Waals surface area contributed by atoms with Crippen molar-refractivity contribution in [1.29, 1.82) is 0 Å². The van der Waals surface area contributed by atoms with E-state index in [2.05, 4.69) is 12.2 Å². The molecule has 0 saturated heterocycles. The molecule has 1 aromatic carbocycles. The van der Waals surface area contributed by atoms with Crippen molar-refractivity contribution < 1.29 is 9.53 Å². The predicted octanol–water partition coefficient (Wildman–Crippen LogP) is 2.69. The fraction of sp³-hybridized carbons (Fsp3) is 0.588. The van der Waals surface area contributed by atoms with Crippen LogP contribution in [0.3, 0.4) is 0 Å². The lowest BCUT2D eigenvalue weighted by Gasteiger charge is -2.30. The number of likely N-dealkylation sites (N-methyl/N-ethyl adjacent to an activating group) is 1. The summed E-state index contributed by atoms with van der Waals surface area (Å²) in [6, 6.07) is 9.54. The number of ether oxygens (including phenoxy) is 1. The van der Waals surface area contributed by atoms with E-state index in [1.807, 2.05) is 63.1 Å². The van der Waals surface area contributed by atoms with E-state index in [0.29, 0.717) is 13.2 Å². The molecule has 1 N–H and O–H groups in total. The first-order valence-corrected chi connectivity index (χ1v) is 7.56. The molecular formula is C17H28N2O2. The minimum absolute atomic E-state index is 0.0593. The van der Waals surface area contributed by atoms with Gasteiger partial charge in [0.1, 0.15) is 12.4 Å². The van der Waals surface area contributed by atoms with Gasteiger partial charge in [0.15, 0.2) is 0 Å². The third-order valence-corrected chi connectivity index (χ3v) is 3.84. The lowest BCUT2D eigenvalue weighted by atomic mass is 10.0. The van der Waals surface area contributed by atoms with Gasteiger partial charge >= 0.3 is 0 Å². The van der Waals surface area contributed by atoms with E-state index in [4.69, 9.17) is 4.74 Å². The Labute approximate surface area is 128 Å². The highest BCUT2D eigenvalue weighted by Crippen LogP contribution is 2.10. The SMILES string of the molecule is CCC(C)(C)NC(=O)C(C)N(C)CCOc1ccccc1. The summed E-state index contributed by atoms with van der Waals surface area (Å²) in [5.74, 6) is 0.916. The largest absolute Gasteiger partial charge is 0.492 e. The van der Waals surface area contributed by atoms with Crippen molar-refractivity contribution in [3.8, 4) is 5.75 Å². The van der Waals surface area contributed by atoms with E-state index in [1.165, 1.54) is 0 Å². The van der Waals surface area contributed by atoms with Gasteiger partial charge in [0.05, 0.1) is 6.04 Å². The van der Waals surface area contributed by atoms with Crippen LogP contribution < -0.4 is 10.1 Å². The van der Waals surface area contributed by atoms with E-state index in [1.54, 1.807) is 0 Å². The molecule has 0 aliphatic carbocycles. The minimum Gasteiger partial charge on any atom is -0.492 e. The smallest absolute Gasteiger partial charge is 0.237 e. The molecule has 0 heterocycles. The van der Waals surface area contributed by atoms with E-state index in [0.717, 1.165) is 12.2 Å². The van der Waals surface area contributed by atoms with Crippen LogP contribution in [0, 0.1) is 0 Å². The van der Waals surface area contributed by atoms with E-state index < -0.39 is 0 Å². The number of amides is 1. The van der Waals surface area contributed by atoms with Gasteiger partial charge in [0.25, 0.3) is 0 Å². The zero-order chi connectivity index (χ0) is 15.9. The van der Waals surface area contributed by atoms with Gasteiger partial charge in [-0.3, -0.25) is 9.69 Å². The first-order valence-electron chi connectivity index (χ1n) is 7.56. The molecule has 118 valence electrons. The summed E-state index contributed by atoms with van der Waals surface area (Å²) >= 11 is 0. The molecule has 1 atom stereocenters. The maximum absolute atomic E-state index is 12.2. The van der Waals surface area contributed by atoms with Crippen LogP contribution in [0.25, 0.3) is 0 Å². The van der Waals surface area contributed by atoms with Crippen LogP contribution in [0.1, 0.15) is 34.1 Å². The fourth-order valence-corrected chi connectivity index (χ4v) is 1.74. The molecule has 1 aromatic rings. The van der Waals surface area contributed by atoms with Gasteiger partial charge in [-0.2, -0.15) is 0 Å². The third-order valence-electron chi connectivity index (χ3n) is 3.84. The summed E-state index contributed by atoms with van der Waals surface area (Å²) in [5.41, 5.74) is -0.160. The first-order chi connectivity index (χ1) is 9.85. The fourth-order valence-electron chi connectivity index (χ4n) is 1.74. The molecule has 0 radical (unpaired) electrons. The highest BCUT2D eigenvalue weighted by molar-refractivity contribution is 5.81. The molecule has 0 saturated carbocycles. The minimum atomic E-state index is -0.171. The first kappa shape index (κ1) is 17.5.